The summed E-state index contributed by atoms with van der Waals surface area (Å²) in [7, 11) is 0. The molecule has 1 aromatic heterocycles. The van der Waals surface area contributed by atoms with Crippen molar-refractivity contribution in [2.75, 3.05) is 24.7 Å². The zero-order chi connectivity index (χ0) is 25.8. The number of hydrogen-bond acceptors (Lipinski definition) is 4. The highest BCUT2D eigenvalue weighted by Gasteiger charge is 2.33. The highest BCUT2D eigenvalue weighted by molar-refractivity contribution is 6.30. The average Bonchev–Trinajstić information content (AvgIpc) is 3.59. The van der Waals surface area contributed by atoms with Crippen LogP contribution in [0.5, 0.6) is 0 Å². The standard InChI is InChI=1S/C29H24ClN3O4/c30-24-12-14-25(15-13-24)33-20-32(19-28(33)35)27(34)18-31(17-26-7-4-16-37-26)29(36)23-10-8-22(9-11-23)21-5-2-1-3-6-21/h1-16H,17-20H2. The zero-order valence-corrected chi connectivity index (χ0v) is 20.7. The van der Waals surface area contributed by atoms with E-state index < -0.39 is 0 Å². The van der Waals surface area contributed by atoms with Crippen LogP contribution in [0.1, 0.15) is 16.1 Å². The van der Waals surface area contributed by atoms with Gasteiger partial charge in [0.15, 0.2) is 0 Å². The summed E-state index contributed by atoms with van der Waals surface area (Å²) in [5, 5.41) is 0.562. The van der Waals surface area contributed by atoms with E-state index in [0.717, 1.165) is 11.1 Å². The SMILES string of the molecule is O=C(CN(Cc1ccco1)C(=O)c1ccc(-c2ccccc2)cc1)N1CC(=O)N(c2ccc(Cl)cc2)C1. The summed E-state index contributed by atoms with van der Waals surface area (Å²) >= 11 is 5.96. The topological polar surface area (TPSA) is 74.1 Å². The molecule has 0 saturated carbocycles. The summed E-state index contributed by atoms with van der Waals surface area (Å²) in [5.74, 6) is -0.270. The van der Waals surface area contributed by atoms with Crippen molar-refractivity contribution in [3.05, 3.63) is 114 Å². The molecule has 0 N–H and O–H groups in total. The molecule has 1 fully saturated rings. The van der Waals surface area contributed by atoms with Crippen molar-refractivity contribution in [3.63, 3.8) is 0 Å². The number of anilines is 1. The monoisotopic (exact) mass is 513 g/mol. The molecule has 0 atom stereocenters. The Bertz CT molecular complexity index is 1390. The number of halogens is 1. The van der Waals surface area contributed by atoms with Gasteiger partial charge in [0, 0.05) is 16.3 Å². The molecule has 8 heteroatoms. The summed E-state index contributed by atoms with van der Waals surface area (Å²) in [5.41, 5.74) is 3.16. The predicted molar refractivity (Wildman–Crippen MR) is 141 cm³/mol. The molecule has 0 spiro atoms. The van der Waals surface area contributed by atoms with Crippen LogP contribution in [-0.4, -0.2) is 47.3 Å². The third kappa shape index (κ3) is 5.57. The molecule has 0 radical (unpaired) electrons. The third-order valence-electron chi connectivity index (χ3n) is 6.21. The Kier molecular flexibility index (Phi) is 7.05. The number of benzene rings is 3. The van der Waals surface area contributed by atoms with Gasteiger partial charge in [0.1, 0.15) is 25.5 Å². The van der Waals surface area contributed by atoms with Crippen LogP contribution in [0.3, 0.4) is 0 Å². The maximum atomic E-state index is 13.5. The Labute approximate surface area is 219 Å². The smallest absolute Gasteiger partial charge is 0.254 e. The van der Waals surface area contributed by atoms with E-state index in [4.69, 9.17) is 16.0 Å². The average molecular weight is 514 g/mol. The molecule has 0 aliphatic carbocycles. The van der Waals surface area contributed by atoms with Gasteiger partial charge in [-0.25, -0.2) is 0 Å². The fourth-order valence-electron chi connectivity index (χ4n) is 4.23. The van der Waals surface area contributed by atoms with Crippen LogP contribution in [0.4, 0.5) is 5.69 Å². The maximum absolute atomic E-state index is 13.5. The Balaban J connectivity index is 1.32. The van der Waals surface area contributed by atoms with E-state index in [1.807, 2.05) is 42.5 Å². The largest absolute Gasteiger partial charge is 0.467 e. The molecule has 7 nitrogen and oxygen atoms in total. The van der Waals surface area contributed by atoms with Gasteiger partial charge in [0.05, 0.1) is 12.8 Å². The van der Waals surface area contributed by atoms with Crippen LogP contribution in [0.2, 0.25) is 5.02 Å². The molecule has 4 aromatic rings. The minimum atomic E-state index is -0.328. The number of furan rings is 1. The highest BCUT2D eigenvalue weighted by atomic mass is 35.5. The second kappa shape index (κ2) is 10.7. The molecular weight excluding hydrogens is 490 g/mol. The first-order valence-electron chi connectivity index (χ1n) is 11.8. The number of nitrogens with zero attached hydrogens (tertiary/aromatic N) is 3. The first kappa shape index (κ1) is 24.3. The van der Waals surface area contributed by atoms with Crippen molar-refractivity contribution in [1.29, 1.82) is 0 Å². The fourth-order valence-corrected chi connectivity index (χ4v) is 4.36. The predicted octanol–water partition coefficient (Wildman–Crippen LogP) is 5.08. The molecule has 0 unspecified atom stereocenters. The van der Waals surface area contributed by atoms with Gasteiger partial charge in [0.25, 0.3) is 5.91 Å². The van der Waals surface area contributed by atoms with Crippen LogP contribution in [0.15, 0.2) is 102 Å². The molecule has 2 heterocycles. The van der Waals surface area contributed by atoms with Gasteiger partial charge in [-0.3, -0.25) is 19.3 Å². The van der Waals surface area contributed by atoms with E-state index >= 15 is 0 Å². The van der Waals surface area contributed by atoms with Gasteiger partial charge < -0.3 is 14.2 Å². The molecule has 0 bridgehead atoms. The van der Waals surface area contributed by atoms with E-state index in [0.29, 0.717) is 22.0 Å². The van der Waals surface area contributed by atoms with Crippen LogP contribution < -0.4 is 4.90 Å². The molecule has 1 aliphatic rings. The second-order valence-electron chi connectivity index (χ2n) is 8.72. The van der Waals surface area contributed by atoms with E-state index in [-0.39, 0.29) is 44.0 Å². The number of amides is 3. The van der Waals surface area contributed by atoms with Crippen molar-refractivity contribution < 1.29 is 18.8 Å². The van der Waals surface area contributed by atoms with Crippen molar-refractivity contribution in [3.8, 4) is 11.1 Å². The first-order chi connectivity index (χ1) is 18.0. The Morgan fingerprint density at radius 3 is 2.24 bits per heavy atom. The summed E-state index contributed by atoms with van der Waals surface area (Å²) in [4.78, 5) is 43.7. The summed E-state index contributed by atoms with van der Waals surface area (Å²) < 4.78 is 5.44. The first-order valence-corrected chi connectivity index (χ1v) is 12.2. The summed E-state index contributed by atoms with van der Waals surface area (Å²) in [6, 6.07) is 27.5. The summed E-state index contributed by atoms with van der Waals surface area (Å²) in [6.07, 6.45) is 1.53. The van der Waals surface area contributed by atoms with Gasteiger partial charge in [-0.05, 0) is 59.7 Å². The van der Waals surface area contributed by atoms with E-state index in [1.54, 1.807) is 48.5 Å². The fraction of sp³-hybridized carbons (Fsp3) is 0.138. The lowest BCUT2D eigenvalue weighted by Crippen LogP contribution is -2.42. The van der Waals surface area contributed by atoms with Gasteiger partial charge in [-0.15, -0.1) is 0 Å². The van der Waals surface area contributed by atoms with Crippen molar-refractivity contribution in [2.24, 2.45) is 0 Å². The maximum Gasteiger partial charge on any atom is 0.254 e. The van der Waals surface area contributed by atoms with E-state index in [2.05, 4.69) is 0 Å². The minimum absolute atomic E-state index is 0.0595. The quantitative estimate of drug-likeness (QED) is 0.345. The second-order valence-corrected chi connectivity index (χ2v) is 9.15. The molecule has 1 aliphatic heterocycles. The number of carbonyl (C=O) groups is 3. The molecule has 1 saturated heterocycles. The Hall–Kier alpha value is -4.36. The number of hydrogen-bond donors (Lipinski definition) is 0. The number of carbonyl (C=O) groups excluding carboxylic acids is 3. The van der Waals surface area contributed by atoms with Crippen LogP contribution in [0, 0.1) is 0 Å². The highest BCUT2D eigenvalue weighted by Crippen LogP contribution is 2.23. The van der Waals surface area contributed by atoms with Crippen molar-refractivity contribution >= 4 is 35.0 Å². The lowest BCUT2D eigenvalue weighted by Gasteiger charge is -2.24. The molecule has 5 rings (SSSR count). The van der Waals surface area contributed by atoms with Crippen molar-refractivity contribution in [2.45, 2.75) is 6.54 Å². The van der Waals surface area contributed by atoms with Gasteiger partial charge in [-0.1, -0.05) is 54.1 Å². The molecular formula is C29H24ClN3O4. The lowest BCUT2D eigenvalue weighted by molar-refractivity contribution is -0.132. The molecule has 186 valence electrons. The van der Waals surface area contributed by atoms with Crippen LogP contribution in [0.25, 0.3) is 11.1 Å². The normalized spacial score (nSPS) is 13.2. The Morgan fingerprint density at radius 2 is 1.57 bits per heavy atom. The summed E-state index contributed by atoms with van der Waals surface area (Å²) in [6.45, 7) is -0.0216. The Morgan fingerprint density at radius 1 is 0.865 bits per heavy atom. The lowest BCUT2D eigenvalue weighted by atomic mass is 10.0. The molecule has 3 amide bonds. The van der Waals surface area contributed by atoms with Gasteiger partial charge in [-0.2, -0.15) is 0 Å². The number of rotatable bonds is 7. The van der Waals surface area contributed by atoms with Gasteiger partial charge in [0.2, 0.25) is 11.8 Å². The van der Waals surface area contributed by atoms with Crippen LogP contribution >= 0.6 is 11.6 Å². The van der Waals surface area contributed by atoms with Crippen LogP contribution in [-0.2, 0) is 16.1 Å². The minimum Gasteiger partial charge on any atom is -0.467 e. The van der Waals surface area contributed by atoms with E-state index in [9.17, 15) is 14.4 Å². The van der Waals surface area contributed by atoms with Crippen molar-refractivity contribution in [1.82, 2.24) is 9.80 Å². The molecule has 37 heavy (non-hydrogen) atoms. The molecule has 3 aromatic carbocycles. The van der Waals surface area contributed by atoms with E-state index in [1.165, 1.54) is 21.0 Å². The van der Waals surface area contributed by atoms with Gasteiger partial charge >= 0.3 is 0 Å². The zero-order valence-electron chi connectivity index (χ0n) is 19.9. The third-order valence-corrected chi connectivity index (χ3v) is 6.46.